The normalized spacial score (nSPS) is 11.2. The van der Waals surface area contributed by atoms with E-state index in [1.165, 1.54) is 24.3 Å². The molecule has 0 aliphatic rings. The summed E-state index contributed by atoms with van der Waals surface area (Å²) >= 11 is 6.02. The first-order valence-electron chi connectivity index (χ1n) is 5.98. The molecule has 0 fully saturated rings. The van der Waals surface area contributed by atoms with Crippen molar-refractivity contribution >= 4 is 33.2 Å². The molecule has 0 atom stereocenters. The SMILES string of the molecule is Cc1ccc(C(=O)Nc2ccc(S(N)(=O)=O)cc2)c(Cl)c1. The Morgan fingerprint density at radius 2 is 1.76 bits per heavy atom. The number of benzene rings is 2. The highest BCUT2D eigenvalue weighted by molar-refractivity contribution is 7.89. The minimum absolute atomic E-state index is 0.0196. The molecule has 2 rings (SSSR count). The van der Waals surface area contributed by atoms with Gasteiger partial charge in [-0.05, 0) is 48.9 Å². The fraction of sp³-hybridized carbons (Fsp3) is 0.0714. The molecule has 0 radical (unpaired) electrons. The van der Waals surface area contributed by atoms with Gasteiger partial charge in [0.05, 0.1) is 15.5 Å². The maximum absolute atomic E-state index is 12.1. The van der Waals surface area contributed by atoms with Crippen molar-refractivity contribution in [1.29, 1.82) is 0 Å². The van der Waals surface area contributed by atoms with Crippen LogP contribution in [0.2, 0.25) is 5.02 Å². The van der Waals surface area contributed by atoms with Gasteiger partial charge in [0.2, 0.25) is 10.0 Å². The second-order valence-electron chi connectivity index (χ2n) is 4.51. The molecule has 0 heterocycles. The first-order valence-corrected chi connectivity index (χ1v) is 7.90. The molecular weight excluding hydrogens is 312 g/mol. The highest BCUT2D eigenvalue weighted by Gasteiger charge is 2.12. The van der Waals surface area contributed by atoms with Gasteiger partial charge in [-0.1, -0.05) is 17.7 Å². The Kier molecular flexibility index (Phi) is 4.32. The van der Waals surface area contributed by atoms with Gasteiger partial charge < -0.3 is 5.32 Å². The van der Waals surface area contributed by atoms with E-state index in [1.807, 2.05) is 6.92 Å². The smallest absolute Gasteiger partial charge is 0.257 e. The summed E-state index contributed by atoms with van der Waals surface area (Å²) in [6, 6.07) is 10.7. The summed E-state index contributed by atoms with van der Waals surface area (Å²) in [6.07, 6.45) is 0. The van der Waals surface area contributed by atoms with Crippen LogP contribution in [-0.4, -0.2) is 14.3 Å². The van der Waals surface area contributed by atoms with Gasteiger partial charge in [0.25, 0.3) is 5.91 Å². The minimum atomic E-state index is -3.75. The number of rotatable bonds is 3. The number of carbonyl (C=O) groups excluding carboxylic acids is 1. The van der Waals surface area contributed by atoms with Gasteiger partial charge in [0, 0.05) is 5.69 Å². The van der Waals surface area contributed by atoms with E-state index in [0.29, 0.717) is 16.3 Å². The molecule has 0 aliphatic heterocycles. The van der Waals surface area contributed by atoms with E-state index in [9.17, 15) is 13.2 Å². The van der Waals surface area contributed by atoms with Crippen molar-refractivity contribution in [1.82, 2.24) is 0 Å². The summed E-state index contributed by atoms with van der Waals surface area (Å²) in [5, 5.41) is 7.99. The van der Waals surface area contributed by atoms with Crippen LogP contribution in [0.15, 0.2) is 47.4 Å². The molecule has 3 N–H and O–H groups in total. The average Bonchev–Trinajstić information content (AvgIpc) is 2.38. The van der Waals surface area contributed by atoms with Crippen molar-refractivity contribution in [3.05, 3.63) is 58.6 Å². The third kappa shape index (κ3) is 3.81. The Bertz CT molecular complexity index is 786. The van der Waals surface area contributed by atoms with E-state index in [0.717, 1.165) is 5.56 Å². The minimum Gasteiger partial charge on any atom is -0.322 e. The largest absolute Gasteiger partial charge is 0.322 e. The Balaban J connectivity index is 2.20. The van der Waals surface area contributed by atoms with Crippen molar-refractivity contribution in [3.8, 4) is 0 Å². The van der Waals surface area contributed by atoms with Gasteiger partial charge in [0.1, 0.15) is 0 Å². The molecule has 2 aromatic carbocycles. The molecule has 7 heteroatoms. The molecule has 0 bridgehead atoms. The van der Waals surface area contributed by atoms with Crippen LogP contribution in [0.4, 0.5) is 5.69 Å². The molecule has 0 unspecified atom stereocenters. The molecule has 0 saturated carbocycles. The van der Waals surface area contributed by atoms with E-state index in [2.05, 4.69) is 5.32 Å². The maximum Gasteiger partial charge on any atom is 0.257 e. The van der Waals surface area contributed by atoms with Crippen molar-refractivity contribution in [2.75, 3.05) is 5.32 Å². The molecule has 2 aromatic rings. The third-order valence-electron chi connectivity index (χ3n) is 2.81. The summed E-state index contributed by atoms with van der Waals surface area (Å²) in [4.78, 5) is 12.1. The number of anilines is 1. The monoisotopic (exact) mass is 324 g/mol. The quantitative estimate of drug-likeness (QED) is 0.909. The Morgan fingerprint density at radius 3 is 2.29 bits per heavy atom. The van der Waals surface area contributed by atoms with Crippen molar-refractivity contribution < 1.29 is 13.2 Å². The van der Waals surface area contributed by atoms with Crippen LogP contribution in [0.3, 0.4) is 0 Å². The van der Waals surface area contributed by atoms with Crippen LogP contribution < -0.4 is 10.5 Å². The highest BCUT2D eigenvalue weighted by atomic mass is 35.5. The van der Waals surface area contributed by atoms with E-state index in [4.69, 9.17) is 16.7 Å². The number of amides is 1. The Hall–Kier alpha value is -1.89. The average molecular weight is 325 g/mol. The van der Waals surface area contributed by atoms with Crippen LogP contribution in [-0.2, 0) is 10.0 Å². The zero-order valence-corrected chi connectivity index (χ0v) is 12.7. The van der Waals surface area contributed by atoms with Crippen LogP contribution in [0.5, 0.6) is 0 Å². The summed E-state index contributed by atoms with van der Waals surface area (Å²) in [5.41, 5.74) is 1.75. The number of halogens is 1. The van der Waals surface area contributed by atoms with Gasteiger partial charge in [-0.3, -0.25) is 4.79 Å². The van der Waals surface area contributed by atoms with Crippen LogP contribution in [0.25, 0.3) is 0 Å². The lowest BCUT2D eigenvalue weighted by Crippen LogP contribution is -2.14. The number of nitrogens with one attached hydrogen (secondary N) is 1. The summed E-state index contributed by atoms with van der Waals surface area (Å²) in [7, 11) is -3.75. The maximum atomic E-state index is 12.1. The number of sulfonamides is 1. The fourth-order valence-corrected chi connectivity index (χ4v) is 2.57. The van der Waals surface area contributed by atoms with Crippen LogP contribution in [0, 0.1) is 6.92 Å². The predicted molar refractivity (Wildman–Crippen MR) is 82.0 cm³/mol. The molecule has 1 amide bonds. The topological polar surface area (TPSA) is 89.3 Å². The van der Waals surface area contributed by atoms with Crippen molar-refractivity contribution in [3.63, 3.8) is 0 Å². The molecule has 21 heavy (non-hydrogen) atoms. The van der Waals surface area contributed by atoms with E-state index >= 15 is 0 Å². The van der Waals surface area contributed by atoms with Gasteiger partial charge in [-0.2, -0.15) is 0 Å². The van der Waals surface area contributed by atoms with E-state index in [1.54, 1.807) is 18.2 Å². The fourth-order valence-electron chi connectivity index (χ4n) is 1.73. The molecule has 0 aliphatic carbocycles. The van der Waals surface area contributed by atoms with E-state index in [-0.39, 0.29) is 10.8 Å². The molecular formula is C14H13ClN2O3S. The van der Waals surface area contributed by atoms with E-state index < -0.39 is 10.0 Å². The highest BCUT2D eigenvalue weighted by Crippen LogP contribution is 2.20. The molecule has 110 valence electrons. The third-order valence-corrected chi connectivity index (χ3v) is 4.05. The predicted octanol–water partition coefficient (Wildman–Crippen LogP) is 2.55. The number of primary sulfonamides is 1. The number of hydrogen-bond donors (Lipinski definition) is 2. The first kappa shape index (κ1) is 15.5. The number of aryl methyl sites for hydroxylation is 1. The second-order valence-corrected chi connectivity index (χ2v) is 6.48. The van der Waals surface area contributed by atoms with Gasteiger partial charge >= 0.3 is 0 Å². The van der Waals surface area contributed by atoms with Crippen LogP contribution in [0.1, 0.15) is 15.9 Å². The van der Waals surface area contributed by atoms with Crippen molar-refractivity contribution in [2.24, 2.45) is 5.14 Å². The number of nitrogens with two attached hydrogens (primary N) is 1. The molecule has 0 aromatic heterocycles. The van der Waals surface area contributed by atoms with Gasteiger partial charge in [-0.15, -0.1) is 0 Å². The van der Waals surface area contributed by atoms with Crippen molar-refractivity contribution in [2.45, 2.75) is 11.8 Å². The zero-order valence-electron chi connectivity index (χ0n) is 11.1. The standard InChI is InChI=1S/C14H13ClN2O3S/c1-9-2-7-12(13(15)8-9)14(18)17-10-3-5-11(6-4-10)21(16,19)20/h2-8H,1H3,(H,17,18)(H2,16,19,20). The first-order chi connectivity index (χ1) is 9.77. The summed E-state index contributed by atoms with van der Waals surface area (Å²) < 4.78 is 22.3. The molecule has 0 saturated heterocycles. The number of carbonyl (C=O) groups is 1. The Morgan fingerprint density at radius 1 is 1.14 bits per heavy atom. The second kappa shape index (κ2) is 5.85. The lowest BCUT2D eigenvalue weighted by atomic mass is 10.1. The number of hydrogen-bond acceptors (Lipinski definition) is 3. The van der Waals surface area contributed by atoms with Crippen LogP contribution >= 0.6 is 11.6 Å². The summed E-state index contributed by atoms with van der Waals surface area (Å²) in [5.74, 6) is -0.372. The van der Waals surface area contributed by atoms with Gasteiger partial charge in [0.15, 0.2) is 0 Å². The zero-order chi connectivity index (χ0) is 15.6. The lowest BCUT2D eigenvalue weighted by Gasteiger charge is -2.08. The Labute approximate surface area is 127 Å². The van der Waals surface area contributed by atoms with Gasteiger partial charge in [-0.25, -0.2) is 13.6 Å². The lowest BCUT2D eigenvalue weighted by molar-refractivity contribution is 0.102. The summed E-state index contributed by atoms with van der Waals surface area (Å²) in [6.45, 7) is 1.87. The molecule has 0 spiro atoms. The molecule has 5 nitrogen and oxygen atoms in total.